The lowest BCUT2D eigenvalue weighted by atomic mass is 9.81. The molecule has 0 radical (unpaired) electrons. The number of amides is 1. The summed E-state index contributed by atoms with van der Waals surface area (Å²) >= 11 is 5.82. The molecule has 2 N–H and O–H groups in total. The Labute approximate surface area is 128 Å². The maximum Gasteiger partial charge on any atom is 0.271 e. The van der Waals surface area contributed by atoms with Gasteiger partial charge in [-0.3, -0.25) is 14.9 Å². The number of hydrogen-bond acceptors (Lipinski definition) is 4. The lowest BCUT2D eigenvalue weighted by Crippen LogP contribution is -2.42. The van der Waals surface area contributed by atoms with E-state index in [-0.39, 0.29) is 27.6 Å². The van der Waals surface area contributed by atoms with E-state index in [1.54, 1.807) is 0 Å². The number of non-ortho nitro benzene ring substituents is 1. The molecule has 1 aliphatic heterocycles. The Balaban J connectivity index is 2.04. The first kappa shape index (κ1) is 15.7. The molecule has 0 bridgehead atoms. The molecule has 0 aromatic heterocycles. The van der Waals surface area contributed by atoms with Crippen LogP contribution in [0.4, 0.5) is 5.69 Å². The van der Waals surface area contributed by atoms with Gasteiger partial charge in [-0.25, -0.2) is 0 Å². The summed E-state index contributed by atoms with van der Waals surface area (Å²) in [5.41, 5.74) is 0.0956. The van der Waals surface area contributed by atoms with Crippen molar-refractivity contribution in [2.75, 3.05) is 19.6 Å². The smallest absolute Gasteiger partial charge is 0.271 e. The molecule has 1 aliphatic rings. The van der Waals surface area contributed by atoms with Crippen molar-refractivity contribution in [1.82, 2.24) is 10.6 Å². The van der Waals surface area contributed by atoms with Crippen molar-refractivity contribution in [1.29, 1.82) is 0 Å². The Morgan fingerprint density at radius 2 is 2.10 bits per heavy atom. The van der Waals surface area contributed by atoms with E-state index >= 15 is 0 Å². The summed E-state index contributed by atoms with van der Waals surface area (Å²) in [6.07, 6.45) is 1.98. The standard InChI is InChI=1S/C14H18ClN3O3/c1-14(2-4-16-5-3-14)9-17-13(19)10-6-11(15)8-12(7-10)18(20)21/h6-8,16H,2-5,9H2,1H3,(H,17,19). The van der Waals surface area contributed by atoms with E-state index in [4.69, 9.17) is 11.6 Å². The van der Waals surface area contributed by atoms with Gasteiger partial charge < -0.3 is 10.6 Å². The zero-order valence-corrected chi connectivity index (χ0v) is 12.6. The van der Waals surface area contributed by atoms with Crippen LogP contribution >= 0.6 is 11.6 Å². The van der Waals surface area contributed by atoms with E-state index in [0.29, 0.717) is 6.54 Å². The number of halogens is 1. The van der Waals surface area contributed by atoms with Crippen molar-refractivity contribution in [3.63, 3.8) is 0 Å². The summed E-state index contributed by atoms with van der Waals surface area (Å²) in [6, 6.07) is 3.91. The minimum absolute atomic E-state index is 0.0609. The summed E-state index contributed by atoms with van der Waals surface area (Å²) < 4.78 is 0. The van der Waals surface area contributed by atoms with Gasteiger partial charge in [-0.2, -0.15) is 0 Å². The molecule has 21 heavy (non-hydrogen) atoms. The van der Waals surface area contributed by atoms with E-state index in [1.807, 2.05) is 0 Å². The number of nitrogens with zero attached hydrogens (tertiary/aromatic N) is 1. The van der Waals surface area contributed by atoms with Gasteiger partial charge in [-0.1, -0.05) is 18.5 Å². The fourth-order valence-electron chi connectivity index (χ4n) is 2.41. The van der Waals surface area contributed by atoms with Crippen LogP contribution in [0.5, 0.6) is 0 Å². The van der Waals surface area contributed by atoms with Crippen LogP contribution in [0.25, 0.3) is 0 Å². The second-order valence-corrected chi connectivity index (χ2v) is 6.13. The molecule has 0 spiro atoms. The minimum Gasteiger partial charge on any atom is -0.351 e. The summed E-state index contributed by atoms with van der Waals surface area (Å²) in [7, 11) is 0. The zero-order chi connectivity index (χ0) is 15.5. The maximum absolute atomic E-state index is 12.1. The van der Waals surface area contributed by atoms with Gasteiger partial charge in [0.25, 0.3) is 11.6 Å². The Bertz CT molecular complexity index is 556. The molecule has 114 valence electrons. The fourth-order valence-corrected chi connectivity index (χ4v) is 2.64. The Morgan fingerprint density at radius 1 is 1.43 bits per heavy atom. The van der Waals surface area contributed by atoms with Crippen LogP contribution in [-0.4, -0.2) is 30.5 Å². The van der Waals surface area contributed by atoms with Gasteiger partial charge in [-0.15, -0.1) is 0 Å². The molecular formula is C14H18ClN3O3. The molecule has 0 aliphatic carbocycles. The number of nitrogens with one attached hydrogen (secondary N) is 2. The molecular weight excluding hydrogens is 294 g/mol. The maximum atomic E-state index is 12.1. The Hall–Kier alpha value is -1.66. The van der Waals surface area contributed by atoms with Crippen molar-refractivity contribution in [2.24, 2.45) is 5.41 Å². The quantitative estimate of drug-likeness (QED) is 0.660. The first-order valence-corrected chi connectivity index (χ1v) is 7.21. The number of nitro groups is 1. The zero-order valence-electron chi connectivity index (χ0n) is 11.8. The van der Waals surface area contributed by atoms with Crippen LogP contribution in [0.1, 0.15) is 30.1 Å². The van der Waals surface area contributed by atoms with E-state index in [9.17, 15) is 14.9 Å². The van der Waals surface area contributed by atoms with Gasteiger partial charge in [0, 0.05) is 29.3 Å². The molecule has 1 aromatic rings. The number of benzene rings is 1. The molecule has 7 heteroatoms. The average molecular weight is 312 g/mol. The first-order chi connectivity index (χ1) is 9.89. The number of carbonyl (C=O) groups excluding carboxylic acids is 1. The van der Waals surface area contributed by atoms with Gasteiger partial charge in [0.15, 0.2) is 0 Å². The highest BCUT2D eigenvalue weighted by Gasteiger charge is 2.27. The molecule has 1 saturated heterocycles. The number of rotatable bonds is 4. The number of carbonyl (C=O) groups is 1. The van der Waals surface area contributed by atoms with Crippen molar-refractivity contribution in [3.8, 4) is 0 Å². The predicted octanol–water partition coefficient (Wildman–Crippen LogP) is 2.37. The van der Waals surface area contributed by atoms with Gasteiger partial charge in [-0.05, 0) is 37.4 Å². The second kappa shape index (κ2) is 6.41. The van der Waals surface area contributed by atoms with Gasteiger partial charge in [0.2, 0.25) is 0 Å². The van der Waals surface area contributed by atoms with Crippen LogP contribution in [0.3, 0.4) is 0 Å². The Kier molecular flexibility index (Phi) is 4.80. The molecule has 1 fully saturated rings. The number of piperidine rings is 1. The Morgan fingerprint density at radius 3 is 2.71 bits per heavy atom. The summed E-state index contributed by atoms with van der Waals surface area (Å²) in [5, 5.41) is 17.1. The summed E-state index contributed by atoms with van der Waals surface area (Å²) in [5.74, 6) is -0.333. The molecule has 0 saturated carbocycles. The largest absolute Gasteiger partial charge is 0.351 e. The summed E-state index contributed by atoms with van der Waals surface area (Å²) in [4.78, 5) is 22.4. The lowest BCUT2D eigenvalue weighted by Gasteiger charge is -2.34. The number of hydrogen-bond donors (Lipinski definition) is 2. The van der Waals surface area contributed by atoms with Crippen LogP contribution in [-0.2, 0) is 0 Å². The highest BCUT2D eigenvalue weighted by molar-refractivity contribution is 6.31. The van der Waals surface area contributed by atoms with E-state index in [1.165, 1.54) is 18.2 Å². The number of nitro benzene ring substituents is 1. The topological polar surface area (TPSA) is 84.3 Å². The van der Waals surface area contributed by atoms with Crippen LogP contribution in [0.15, 0.2) is 18.2 Å². The first-order valence-electron chi connectivity index (χ1n) is 6.84. The molecule has 1 aromatic carbocycles. The van der Waals surface area contributed by atoms with Gasteiger partial charge in [0.1, 0.15) is 0 Å². The predicted molar refractivity (Wildman–Crippen MR) is 80.7 cm³/mol. The molecule has 2 rings (SSSR count). The van der Waals surface area contributed by atoms with Crippen molar-refractivity contribution < 1.29 is 9.72 Å². The van der Waals surface area contributed by atoms with Crippen LogP contribution in [0, 0.1) is 15.5 Å². The highest BCUT2D eigenvalue weighted by Crippen LogP contribution is 2.27. The highest BCUT2D eigenvalue weighted by atomic mass is 35.5. The normalized spacial score (nSPS) is 17.2. The molecule has 0 atom stereocenters. The van der Waals surface area contributed by atoms with E-state index in [0.717, 1.165) is 25.9 Å². The minimum atomic E-state index is -0.559. The van der Waals surface area contributed by atoms with Crippen molar-refractivity contribution >= 4 is 23.2 Å². The molecule has 0 unspecified atom stereocenters. The van der Waals surface area contributed by atoms with E-state index in [2.05, 4.69) is 17.6 Å². The van der Waals surface area contributed by atoms with Crippen molar-refractivity contribution in [3.05, 3.63) is 38.9 Å². The van der Waals surface area contributed by atoms with Crippen LogP contribution < -0.4 is 10.6 Å². The SMILES string of the molecule is CC1(CNC(=O)c2cc(Cl)cc([N+](=O)[O-])c2)CCNCC1. The molecule has 1 heterocycles. The van der Waals surface area contributed by atoms with E-state index < -0.39 is 4.92 Å². The average Bonchev–Trinajstić information content (AvgIpc) is 2.45. The van der Waals surface area contributed by atoms with Gasteiger partial charge in [0.05, 0.1) is 4.92 Å². The third-order valence-electron chi connectivity index (χ3n) is 3.84. The second-order valence-electron chi connectivity index (χ2n) is 5.70. The third-order valence-corrected chi connectivity index (χ3v) is 4.06. The molecule has 6 nitrogen and oxygen atoms in total. The third kappa shape index (κ3) is 4.15. The monoisotopic (exact) mass is 311 g/mol. The van der Waals surface area contributed by atoms with Crippen molar-refractivity contribution in [2.45, 2.75) is 19.8 Å². The fraction of sp³-hybridized carbons (Fsp3) is 0.500. The summed E-state index contributed by atoms with van der Waals surface area (Å²) in [6.45, 7) is 4.56. The van der Waals surface area contributed by atoms with Crippen LogP contribution in [0.2, 0.25) is 5.02 Å². The van der Waals surface area contributed by atoms with Gasteiger partial charge >= 0.3 is 0 Å². The lowest BCUT2D eigenvalue weighted by molar-refractivity contribution is -0.384. The molecule has 1 amide bonds.